The predicted molar refractivity (Wildman–Crippen MR) is 165 cm³/mol. The maximum absolute atomic E-state index is 13.6. The minimum atomic E-state index is -0.791. The summed E-state index contributed by atoms with van der Waals surface area (Å²) in [6.07, 6.45) is 0.700. The molecule has 2 aromatic heterocycles. The molecule has 0 saturated carbocycles. The van der Waals surface area contributed by atoms with Gasteiger partial charge in [-0.3, -0.25) is 14.4 Å². The van der Waals surface area contributed by atoms with Crippen molar-refractivity contribution in [3.63, 3.8) is 0 Å². The Bertz CT molecular complexity index is 1800. The van der Waals surface area contributed by atoms with Gasteiger partial charge in [0.15, 0.2) is 23.0 Å². The van der Waals surface area contributed by atoms with Crippen molar-refractivity contribution in [2.24, 2.45) is 0 Å². The Labute approximate surface area is 263 Å². The molecule has 0 aliphatic carbocycles. The van der Waals surface area contributed by atoms with Gasteiger partial charge in [0.05, 0.1) is 24.4 Å². The number of amides is 3. The first-order valence-corrected chi connectivity index (χ1v) is 15.4. The molecule has 2 aromatic carbocycles. The number of fused-ring (bicyclic) bond motifs is 8. The lowest BCUT2D eigenvalue weighted by Gasteiger charge is -2.24. The van der Waals surface area contributed by atoms with Gasteiger partial charge in [0.2, 0.25) is 17.7 Å². The van der Waals surface area contributed by atoms with E-state index in [9.17, 15) is 19.5 Å². The Balaban J connectivity index is 1.31. The molecule has 12 nitrogen and oxygen atoms in total. The first-order valence-electron chi connectivity index (χ1n) is 14.6. The molecule has 45 heavy (non-hydrogen) atoms. The summed E-state index contributed by atoms with van der Waals surface area (Å²) in [5.41, 5.74) is 2.53. The number of aromatic nitrogens is 2. The van der Waals surface area contributed by atoms with E-state index in [0.717, 1.165) is 10.6 Å². The maximum atomic E-state index is 13.6. The van der Waals surface area contributed by atoms with Crippen LogP contribution >= 0.6 is 11.3 Å². The highest BCUT2D eigenvalue weighted by Crippen LogP contribution is 2.39. The molecule has 0 spiro atoms. The monoisotopic (exact) mass is 631 g/mol. The molecule has 2 atom stereocenters. The molecule has 0 radical (unpaired) electrons. The van der Waals surface area contributed by atoms with E-state index in [0.29, 0.717) is 51.4 Å². The van der Waals surface area contributed by atoms with Gasteiger partial charge in [-0.25, -0.2) is 9.97 Å². The smallest absolute Gasteiger partial charge is 0.263 e. The molecule has 6 rings (SSSR count). The number of nitrogens with one attached hydrogen (secondary N) is 2. The van der Waals surface area contributed by atoms with Gasteiger partial charge in [0.1, 0.15) is 22.4 Å². The Kier molecular flexibility index (Phi) is 8.19. The quantitative estimate of drug-likeness (QED) is 0.302. The van der Waals surface area contributed by atoms with Crippen LogP contribution in [0.3, 0.4) is 0 Å². The van der Waals surface area contributed by atoms with Gasteiger partial charge in [0.25, 0.3) is 5.91 Å². The van der Waals surface area contributed by atoms with Crippen molar-refractivity contribution in [3.8, 4) is 34.5 Å². The predicted octanol–water partition coefficient (Wildman–Crippen LogP) is 4.19. The molecule has 1 saturated heterocycles. The Hall–Kier alpha value is -4.91. The van der Waals surface area contributed by atoms with E-state index in [2.05, 4.69) is 20.6 Å². The topological polar surface area (TPSA) is 156 Å². The van der Waals surface area contributed by atoms with Gasteiger partial charge < -0.3 is 34.5 Å². The Morgan fingerprint density at radius 2 is 1.93 bits per heavy atom. The van der Waals surface area contributed by atoms with E-state index in [4.69, 9.17) is 13.9 Å². The third kappa shape index (κ3) is 6.21. The first-order chi connectivity index (χ1) is 21.6. The van der Waals surface area contributed by atoms with Gasteiger partial charge >= 0.3 is 0 Å². The van der Waals surface area contributed by atoms with Crippen molar-refractivity contribution >= 4 is 29.1 Å². The van der Waals surface area contributed by atoms with Crippen LogP contribution in [-0.2, 0) is 22.6 Å². The van der Waals surface area contributed by atoms with Gasteiger partial charge in [-0.2, -0.15) is 0 Å². The summed E-state index contributed by atoms with van der Waals surface area (Å²) in [5.74, 6) is 0.865. The van der Waals surface area contributed by atoms with E-state index < -0.39 is 12.1 Å². The molecule has 3 N–H and O–H groups in total. The second-order valence-corrected chi connectivity index (χ2v) is 12.3. The lowest BCUT2D eigenvalue weighted by atomic mass is 10.1. The summed E-state index contributed by atoms with van der Waals surface area (Å²) in [6.45, 7) is 5.65. The standard InChI is InChI=1S/C32H33N5O7S/c1-16-29(45-18(3)34-16)31(41)35-21-13-23-30(40)33-14-22-17(2)43-32(36-22)20-7-9-25(42-4)27(12-20)44-26-11-19(5-8-24(26)38)6-10-28(39)37(23)15-21/h5,7-9,11-12,21,23,38H,6,10,13-15H2,1-4H3,(H,33,40)(H,35,41)/t21-,23-/m0/s1. The highest BCUT2D eigenvalue weighted by atomic mass is 32.1. The minimum absolute atomic E-state index is 0.0811. The third-order valence-corrected chi connectivity index (χ3v) is 9.05. The zero-order valence-electron chi connectivity index (χ0n) is 25.3. The van der Waals surface area contributed by atoms with E-state index in [1.54, 1.807) is 44.2 Å². The number of methoxy groups -OCH3 is 1. The second kappa shape index (κ2) is 12.2. The molecule has 0 unspecified atom stereocenters. The summed E-state index contributed by atoms with van der Waals surface area (Å²) >= 11 is 1.31. The van der Waals surface area contributed by atoms with Gasteiger partial charge in [-0.1, -0.05) is 6.07 Å². The molecule has 1 fully saturated rings. The maximum Gasteiger partial charge on any atom is 0.263 e. The Morgan fingerprint density at radius 1 is 1.11 bits per heavy atom. The summed E-state index contributed by atoms with van der Waals surface area (Å²) in [7, 11) is 1.52. The number of aromatic hydroxyl groups is 1. The summed E-state index contributed by atoms with van der Waals surface area (Å²) < 4.78 is 17.5. The van der Waals surface area contributed by atoms with Crippen LogP contribution in [0, 0.1) is 20.8 Å². The Morgan fingerprint density at radius 3 is 2.69 bits per heavy atom. The zero-order chi connectivity index (χ0) is 31.8. The van der Waals surface area contributed by atoms with E-state index in [1.807, 2.05) is 6.92 Å². The van der Waals surface area contributed by atoms with Gasteiger partial charge in [-0.05, 0) is 69.5 Å². The van der Waals surface area contributed by atoms with Crippen molar-refractivity contribution in [3.05, 3.63) is 69.0 Å². The fourth-order valence-corrected chi connectivity index (χ4v) is 6.48. The molecule has 4 heterocycles. The van der Waals surface area contributed by atoms with Crippen LogP contribution in [0.5, 0.6) is 23.0 Å². The van der Waals surface area contributed by atoms with Crippen LogP contribution in [0.4, 0.5) is 0 Å². The first kappa shape index (κ1) is 30.1. The highest BCUT2D eigenvalue weighted by Gasteiger charge is 2.40. The molecule has 234 valence electrons. The number of carbonyl (C=O) groups is 3. The second-order valence-electron chi connectivity index (χ2n) is 11.1. The van der Waals surface area contributed by atoms with Crippen molar-refractivity contribution < 1.29 is 33.4 Å². The minimum Gasteiger partial charge on any atom is -0.504 e. The van der Waals surface area contributed by atoms with E-state index in [1.165, 1.54) is 29.4 Å². The summed E-state index contributed by atoms with van der Waals surface area (Å²) in [6, 6.07) is 8.87. The number of carbonyl (C=O) groups excluding carboxylic acids is 3. The number of benzene rings is 2. The van der Waals surface area contributed by atoms with E-state index in [-0.39, 0.29) is 55.2 Å². The number of hydrogen-bond donors (Lipinski definition) is 3. The number of aryl methyl sites for hydroxylation is 4. The van der Waals surface area contributed by atoms with Gasteiger partial charge in [0, 0.05) is 24.6 Å². The van der Waals surface area contributed by atoms with Crippen LogP contribution in [0.15, 0.2) is 40.8 Å². The molecular weight excluding hydrogens is 598 g/mol. The number of phenolic OH excluding ortho intramolecular Hbond substituents is 1. The number of phenols is 1. The number of thiazole rings is 1. The van der Waals surface area contributed by atoms with Crippen LogP contribution in [0.2, 0.25) is 0 Å². The number of oxazole rings is 1. The molecular formula is C32H33N5O7S. The number of ether oxygens (including phenoxy) is 2. The molecule has 2 aliphatic rings. The molecule has 2 aliphatic heterocycles. The lowest BCUT2D eigenvalue weighted by molar-refractivity contribution is -0.138. The normalized spacial score (nSPS) is 18.4. The van der Waals surface area contributed by atoms with Crippen LogP contribution in [-0.4, -0.2) is 63.4 Å². The van der Waals surface area contributed by atoms with Crippen LogP contribution in [0.25, 0.3) is 11.5 Å². The molecule has 13 heteroatoms. The fraction of sp³-hybridized carbons (Fsp3) is 0.344. The highest BCUT2D eigenvalue weighted by molar-refractivity contribution is 7.13. The van der Waals surface area contributed by atoms with Crippen molar-refractivity contribution in [2.75, 3.05) is 13.7 Å². The van der Waals surface area contributed by atoms with E-state index >= 15 is 0 Å². The summed E-state index contributed by atoms with van der Waals surface area (Å²) in [4.78, 5) is 51.2. The third-order valence-electron chi connectivity index (χ3n) is 7.97. The fourth-order valence-electron chi connectivity index (χ4n) is 5.66. The number of rotatable bonds is 3. The van der Waals surface area contributed by atoms with Crippen molar-refractivity contribution in [2.45, 2.75) is 58.7 Å². The average Bonchev–Trinajstić information content (AvgIpc) is 3.71. The van der Waals surface area contributed by atoms with Crippen molar-refractivity contribution in [1.29, 1.82) is 0 Å². The average molecular weight is 632 g/mol. The SMILES string of the molecule is COc1ccc2cc1Oc1cc(ccc1O)CCC(=O)N1C[C@@H](NC(=O)c3sc(C)nc3C)C[C@H]1C(=O)NCc1nc-2oc1C. The largest absolute Gasteiger partial charge is 0.504 e. The van der Waals surface area contributed by atoms with Crippen molar-refractivity contribution in [1.82, 2.24) is 25.5 Å². The molecule has 3 amide bonds. The lowest BCUT2D eigenvalue weighted by Crippen LogP contribution is -2.46. The van der Waals surface area contributed by atoms with Gasteiger partial charge in [-0.15, -0.1) is 11.3 Å². The molecule has 4 aromatic rings. The van der Waals surface area contributed by atoms with Crippen LogP contribution < -0.4 is 20.1 Å². The summed E-state index contributed by atoms with van der Waals surface area (Å²) in [5, 5.41) is 17.3. The number of nitrogens with zero attached hydrogens (tertiary/aromatic N) is 3. The molecule has 6 bridgehead atoms. The van der Waals surface area contributed by atoms with Crippen LogP contribution in [0.1, 0.15) is 50.2 Å². The zero-order valence-corrected chi connectivity index (χ0v) is 26.1. The number of hydrogen-bond acceptors (Lipinski definition) is 10.